The third-order valence-electron chi connectivity index (χ3n) is 9.80. The van der Waals surface area contributed by atoms with Gasteiger partial charge >= 0.3 is 0 Å². The van der Waals surface area contributed by atoms with Crippen molar-refractivity contribution in [3.8, 4) is 33.4 Å². The van der Waals surface area contributed by atoms with Crippen LogP contribution in [0.25, 0.3) is 66.0 Å². The van der Waals surface area contributed by atoms with E-state index in [9.17, 15) is 0 Å². The van der Waals surface area contributed by atoms with Crippen LogP contribution >= 0.6 is 0 Å². The Morgan fingerprint density at radius 3 is 1.61 bits per heavy atom. The number of rotatable bonds is 6. The molecule has 0 saturated carbocycles. The van der Waals surface area contributed by atoms with Gasteiger partial charge in [-0.05, 0) is 98.8 Å². The smallest absolute Gasteiger partial charge is 0.0495 e. The lowest BCUT2D eigenvalue weighted by molar-refractivity contribution is 1.01. The van der Waals surface area contributed by atoms with Crippen molar-refractivity contribution >= 4 is 49.6 Å². The van der Waals surface area contributed by atoms with Gasteiger partial charge in [-0.25, -0.2) is 0 Å². The number of aromatic nitrogens is 1. The van der Waals surface area contributed by atoms with Crippen LogP contribution in [0.3, 0.4) is 0 Å². The molecule has 0 aliphatic carbocycles. The second-order valence-corrected chi connectivity index (χ2v) is 12.7. The van der Waals surface area contributed by atoms with Crippen LogP contribution < -0.4 is 4.90 Å². The third-order valence-corrected chi connectivity index (χ3v) is 9.80. The van der Waals surface area contributed by atoms with Crippen LogP contribution in [0, 0.1) is 0 Å². The van der Waals surface area contributed by atoms with Gasteiger partial charge in [0.1, 0.15) is 0 Å². The van der Waals surface area contributed by atoms with Gasteiger partial charge in [-0.1, -0.05) is 133 Å². The molecule has 0 N–H and O–H groups in total. The second kappa shape index (κ2) is 12.0. The summed E-state index contributed by atoms with van der Waals surface area (Å²) in [4.78, 5) is 2.33. The number of nitrogens with zero attached hydrogens (tertiary/aromatic N) is 2. The van der Waals surface area contributed by atoms with Gasteiger partial charge in [0.15, 0.2) is 0 Å². The Morgan fingerprint density at radius 1 is 0.347 bits per heavy atom. The number of aryl methyl sites for hydroxylation is 1. The highest BCUT2D eigenvalue weighted by atomic mass is 15.1. The molecule has 0 atom stereocenters. The van der Waals surface area contributed by atoms with Crippen LogP contribution in [-0.2, 0) is 7.05 Å². The average molecular weight is 627 g/mol. The lowest BCUT2D eigenvalue weighted by Crippen LogP contribution is -2.09. The molecule has 1 heterocycles. The maximum atomic E-state index is 2.36. The normalized spacial score (nSPS) is 11.4. The highest BCUT2D eigenvalue weighted by Crippen LogP contribution is 2.39. The number of hydrogen-bond acceptors (Lipinski definition) is 1. The zero-order valence-corrected chi connectivity index (χ0v) is 27.3. The molecule has 2 heteroatoms. The Morgan fingerprint density at radius 2 is 0.857 bits per heavy atom. The zero-order chi connectivity index (χ0) is 32.7. The molecule has 0 amide bonds. The summed E-state index contributed by atoms with van der Waals surface area (Å²) >= 11 is 0. The summed E-state index contributed by atoms with van der Waals surface area (Å²) in [5, 5.41) is 5.20. The van der Waals surface area contributed by atoms with E-state index in [1.807, 2.05) is 0 Å². The fourth-order valence-corrected chi connectivity index (χ4v) is 7.30. The highest BCUT2D eigenvalue weighted by molar-refractivity contribution is 6.21. The van der Waals surface area contributed by atoms with E-state index in [2.05, 4.69) is 205 Å². The molecule has 49 heavy (non-hydrogen) atoms. The van der Waals surface area contributed by atoms with E-state index in [1.165, 1.54) is 66.0 Å². The lowest BCUT2D eigenvalue weighted by atomic mass is 9.98. The fourth-order valence-electron chi connectivity index (χ4n) is 7.30. The first-order chi connectivity index (χ1) is 24.2. The molecule has 2 nitrogen and oxygen atoms in total. The molecule has 232 valence electrons. The van der Waals surface area contributed by atoms with E-state index in [0.29, 0.717) is 0 Å². The van der Waals surface area contributed by atoms with Gasteiger partial charge in [0.2, 0.25) is 0 Å². The number of benzene rings is 8. The van der Waals surface area contributed by atoms with Crippen LogP contribution in [-0.4, -0.2) is 4.57 Å². The highest BCUT2D eigenvalue weighted by Gasteiger charge is 2.15. The van der Waals surface area contributed by atoms with Gasteiger partial charge in [-0.3, -0.25) is 0 Å². The monoisotopic (exact) mass is 626 g/mol. The first kappa shape index (κ1) is 28.8. The van der Waals surface area contributed by atoms with Crippen molar-refractivity contribution in [3.63, 3.8) is 0 Å². The Balaban J connectivity index is 1.04. The number of anilines is 3. The molecule has 0 aliphatic heterocycles. The van der Waals surface area contributed by atoms with Crippen LogP contribution in [0.4, 0.5) is 17.1 Å². The van der Waals surface area contributed by atoms with Crippen LogP contribution in [0.1, 0.15) is 0 Å². The summed E-state index contributed by atoms with van der Waals surface area (Å²) in [7, 11) is 2.17. The van der Waals surface area contributed by atoms with Gasteiger partial charge in [0.25, 0.3) is 0 Å². The molecule has 0 radical (unpaired) electrons. The minimum Gasteiger partial charge on any atom is -0.344 e. The SMILES string of the molecule is Cn1c2ccc(-c3ccc(-c4ccc(N(c5ccccc5)c5cccc(-c6ccccc6)c5)cc4)cc3)cc2c2c3ccccc3ccc21. The first-order valence-corrected chi connectivity index (χ1v) is 16.8. The molecule has 0 bridgehead atoms. The van der Waals surface area contributed by atoms with E-state index in [0.717, 1.165) is 17.1 Å². The van der Waals surface area contributed by atoms with Crippen molar-refractivity contribution in [2.75, 3.05) is 4.90 Å². The predicted octanol–water partition coefficient (Wildman–Crippen LogP) is 13.0. The number of hydrogen-bond donors (Lipinski definition) is 0. The summed E-state index contributed by atoms with van der Waals surface area (Å²) in [5.74, 6) is 0. The van der Waals surface area contributed by atoms with Crippen LogP contribution in [0.2, 0.25) is 0 Å². The lowest BCUT2D eigenvalue weighted by Gasteiger charge is -2.26. The Labute approximate surface area is 286 Å². The van der Waals surface area contributed by atoms with Crippen molar-refractivity contribution in [1.82, 2.24) is 4.57 Å². The third kappa shape index (κ3) is 5.15. The van der Waals surface area contributed by atoms with Crippen LogP contribution in [0.15, 0.2) is 188 Å². The average Bonchev–Trinajstić information content (AvgIpc) is 3.47. The molecular formula is C47H34N2. The summed E-state index contributed by atoms with van der Waals surface area (Å²) in [6.45, 7) is 0. The maximum Gasteiger partial charge on any atom is 0.0495 e. The Bertz CT molecular complexity index is 2580. The van der Waals surface area contributed by atoms with Crippen molar-refractivity contribution in [3.05, 3.63) is 188 Å². The molecule has 0 unspecified atom stereocenters. The van der Waals surface area contributed by atoms with E-state index in [1.54, 1.807) is 0 Å². The maximum absolute atomic E-state index is 2.36. The predicted molar refractivity (Wildman–Crippen MR) is 209 cm³/mol. The Kier molecular flexibility index (Phi) is 7.06. The largest absolute Gasteiger partial charge is 0.344 e. The topological polar surface area (TPSA) is 8.17 Å². The molecule has 9 aromatic rings. The molecule has 0 aliphatic rings. The Hall–Kier alpha value is -6.38. The van der Waals surface area contributed by atoms with Gasteiger partial charge < -0.3 is 9.47 Å². The second-order valence-electron chi connectivity index (χ2n) is 12.7. The molecule has 0 saturated heterocycles. The molecule has 9 rings (SSSR count). The van der Waals surface area contributed by atoms with E-state index in [-0.39, 0.29) is 0 Å². The van der Waals surface area contributed by atoms with Crippen molar-refractivity contribution in [1.29, 1.82) is 0 Å². The van der Waals surface area contributed by atoms with E-state index in [4.69, 9.17) is 0 Å². The minimum atomic E-state index is 1.12. The molecule has 0 spiro atoms. The first-order valence-electron chi connectivity index (χ1n) is 16.8. The quantitative estimate of drug-likeness (QED) is 0.178. The van der Waals surface area contributed by atoms with Crippen molar-refractivity contribution in [2.24, 2.45) is 7.05 Å². The summed E-state index contributed by atoms with van der Waals surface area (Å²) in [6, 6.07) is 67.9. The van der Waals surface area contributed by atoms with Gasteiger partial charge in [0, 0.05) is 45.9 Å². The van der Waals surface area contributed by atoms with E-state index >= 15 is 0 Å². The van der Waals surface area contributed by atoms with Crippen molar-refractivity contribution in [2.45, 2.75) is 0 Å². The fraction of sp³-hybridized carbons (Fsp3) is 0.0213. The molecule has 1 aromatic heterocycles. The van der Waals surface area contributed by atoms with Crippen LogP contribution in [0.5, 0.6) is 0 Å². The van der Waals surface area contributed by atoms with Gasteiger partial charge in [-0.2, -0.15) is 0 Å². The number of fused-ring (bicyclic) bond motifs is 5. The molecular weight excluding hydrogens is 593 g/mol. The minimum absolute atomic E-state index is 1.12. The van der Waals surface area contributed by atoms with Crippen molar-refractivity contribution < 1.29 is 0 Å². The van der Waals surface area contributed by atoms with Gasteiger partial charge in [-0.15, -0.1) is 0 Å². The van der Waals surface area contributed by atoms with E-state index < -0.39 is 0 Å². The summed E-state index contributed by atoms with van der Waals surface area (Å²) in [6.07, 6.45) is 0. The summed E-state index contributed by atoms with van der Waals surface area (Å²) < 4.78 is 2.31. The van der Waals surface area contributed by atoms with Gasteiger partial charge in [0.05, 0.1) is 0 Å². The zero-order valence-electron chi connectivity index (χ0n) is 27.3. The molecule has 0 fully saturated rings. The standard InChI is InChI=1S/C47H34N2/c1-48-45-29-26-39(32-44(45)47-43-18-9-8-13-37(43)25-30-46(47)48)36-21-19-34(20-22-36)35-23-27-41(28-24-35)49(40-15-6-3-7-16-40)42-17-10-14-38(31-42)33-11-4-2-5-12-33/h2-32H,1H3. The molecule has 8 aromatic carbocycles. The number of para-hydroxylation sites is 1. The summed E-state index contributed by atoms with van der Waals surface area (Å²) in [5.41, 5.74) is 13.1.